The van der Waals surface area contributed by atoms with Gasteiger partial charge in [0.05, 0.1) is 19.3 Å². The summed E-state index contributed by atoms with van der Waals surface area (Å²) in [6.45, 7) is 0.354. The van der Waals surface area contributed by atoms with E-state index in [0.29, 0.717) is 6.54 Å². The van der Waals surface area contributed by atoms with E-state index >= 15 is 0 Å². The fourth-order valence-corrected chi connectivity index (χ4v) is 2.98. The summed E-state index contributed by atoms with van der Waals surface area (Å²) in [6.07, 6.45) is 6.84. The zero-order valence-electron chi connectivity index (χ0n) is 15.3. The van der Waals surface area contributed by atoms with E-state index in [1.807, 2.05) is 48.5 Å². The molecule has 0 aliphatic carbocycles. The van der Waals surface area contributed by atoms with Gasteiger partial charge in [-0.1, -0.05) is 6.07 Å². The van der Waals surface area contributed by atoms with Crippen molar-refractivity contribution in [3.05, 3.63) is 95.3 Å². The highest BCUT2D eigenvalue weighted by molar-refractivity contribution is 5.80. The van der Waals surface area contributed by atoms with Crippen molar-refractivity contribution in [1.29, 1.82) is 0 Å². The minimum atomic E-state index is -0.173. The van der Waals surface area contributed by atoms with Gasteiger partial charge in [0.15, 0.2) is 0 Å². The molecule has 138 valence electrons. The molecule has 0 spiro atoms. The van der Waals surface area contributed by atoms with Crippen molar-refractivity contribution in [2.75, 3.05) is 7.11 Å². The van der Waals surface area contributed by atoms with Gasteiger partial charge < -0.3 is 4.74 Å². The van der Waals surface area contributed by atoms with Gasteiger partial charge in [-0.25, -0.2) is 4.68 Å². The first-order valence-corrected chi connectivity index (χ1v) is 8.80. The van der Waals surface area contributed by atoms with E-state index in [2.05, 4.69) is 15.1 Å². The van der Waals surface area contributed by atoms with Crippen molar-refractivity contribution >= 4 is 0 Å². The molecule has 6 nitrogen and oxygen atoms in total. The molecule has 0 saturated carbocycles. The second kappa shape index (κ2) is 7.84. The van der Waals surface area contributed by atoms with Crippen LogP contribution in [0.5, 0.6) is 5.75 Å². The first kappa shape index (κ1) is 17.6. The molecule has 3 aromatic heterocycles. The number of hydrogen-bond acceptors (Lipinski definition) is 5. The molecule has 1 aromatic carbocycles. The second-order valence-corrected chi connectivity index (χ2v) is 6.23. The normalized spacial score (nSPS) is 10.6. The van der Waals surface area contributed by atoms with Gasteiger partial charge in [-0.05, 0) is 53.6 Å². The Bertz CT molecular complexity index is 1120. The van der Waals surface area contributed by atoms with Gasteiger partial charge in [0.25, 0.3) is 5.56 Å². The SMILES string of the molecule is COc1ccc(-c2nn(Cc3cccnc3)c(=O)cc2-c2ccncc2)cc1. The molecule has 0 fully saturated rings. The molecule has 4 rings (SSSR count). The molecule has 0 bridgehead atoms. The van der Waals surface area contributed by atoms with E-state index in [0.717, 1.165) is 33.7 Å². The molecule has 6 heteroatoms. The fourth-order valence-electron chi connectivity index (χ4n) is 2.98. The minimum Gasteiger partial charge on any atom is -0.497 e. The highest BCUT2D eigenvalue weighted by Crippen LogP contribution is 2.30. The highest BCUT2D eigenvalue weighted by Gasteiger charge is 2.13. The molecular formula is C22H18N4O2. The summed E-state index contributed by atoms with van der Waals surface area (Å²) in [5, 5.41) is 4.68. The van der Waals surface area contributed by atoms with Crippen LogP contribution in [-0.2, 0) is 6.54 Å². The first-order valence-electron chi connectivity index (χ1n) is 8.80. The Hall–Kier alpha value is -3.80. The monoisotopic (exact) mass is 370 g/mol. The Morgan fingerprint density at radius 1 is 0.929 bits per heavy atom. The molecule has 0 radical (unpaired) electrons. The second-order valence-electron chi connectivity index (χ2n) is 6.23. The third-order valence-corrected chi connectivity index (χ3v) is 4.41. The number of pyridine rings is 2. The van der Waals surface area contributed by atoms with Crippen LogP contribution in [0.4, 0.5) is 0 Å². The van der Waals surface area contributed by atoms with Crippen molar-refractivity contribution in [1.82, 2.24) is 19.7 Å². The van der Waals surface area contributed by atoms with Gasteiger partial charge in [0.2, 0.25) is 0 Å². The average Bonchev–Trinajstić information content (AvgIpc) is 2.76. The van der Waals surface area contributed by atoms with Crippen molar-refractivity contribution in [3.63, 3.8) is 0 Å². The Kier molecular flexibility index (Phi) is 4.93. The molecular weight excluding hydrogens is 352 g/mol. The van der Waals surface area contributed by atoms with E-state index in [4.69, 9.17) is 4.74 Å². The Balaban J connectivity index is 1.86. The third kappa shape index (κ3) is 3.66. The number of methoxy groups -OCH3 is 1. The zero-order valence-corrected chi connectivity index (χ0v) is 15.3. The van der Waals surface area contributed by atoms with E-state index < -0.39 is 0 Å². The fraction of sp³-hybridized carbons (Fsp3) is 0.0909. The highest BCUT2D eigenvalue weighted by atomic mass is 16.5. The maximum Gasteiger partial charge on any atom is 0.267 e. The third-order valence-electron chi connectivity index (χ3n) is 4.41. The number of hydrogen-bond donors (Lipinski definition) is 0. The lowest BCUT2D eigenvalue weighted by Gasteiger charge is -2.13. The van der Waals surface area contributed by atoms with Crippen molar-refractivity contribution in [2.45, 2.75) is 6.54 Å². The average molecular weight is 370 g/mol. The lowest BCUT2D eigenvalue weighted by molar-refractivity contribution is 0.415. The van der Waals surface area contributed by atoms with Crippen molar-refractivity contribution in [2.24, 2.45) is 0 Å². The van der Waals surface area contributed by atoms with Crippen LogP contribution < -0.4 is 10.3 Å². The van der Waals surface area contributed by atoms with Crippen molar-refractivity contribution < 1.29 is 4.74 Å². The van der Waals surface area contributed by atoms with E-state index in [1.54, 1.807) is 38.0 Å². The van der Waals surface area contributed by atoms with Gasteiger partial charge >= 0.3 is 0 Å². The quantitative estimate of drug-likeness (QED) is 0.538. The molecule has 0 atom stereocenters. The molecule has 0 amide bonds. The topological polar surface area (TPSA) is 69.9 Å². The number of aromatic nitrogens is 4. The zero-order chi connectivity index (χ0) is 19.3. The van der Waals surface area contributed by atoms with Crippen LogP contribution in [0, 0.1) is 0 Å². The summed E-state index contributed by atoms with van der Waals surface area (Å²) in [5.74, 6) is 0.762. The predicted octanol–water partition coefficient (Wildman–Crippen LogP) is 3.42. The molecule has 0 aliphatic rings. The number of benzene rings is 1. The Labute approximate surface area is 162 Å². The smallest absolute Gasteiger partial charge is 0.267 e. The van der Waals surface area contributed by atoms with Gasteiger partial charge in [-0.2, -0.15) is 5.10 Å². The molecule has 3 heterocycles. The van der Waals surface area contributed by atoms with E-state index in [-0.39, 0.29) is 5.56 Å². The largest absolute Gasteiger partial charge is 0.497 e. The Morgan fingerprint density at radius 2 is 1.71 bits per heavy atom. The van der Waals surface area contributed by atoms with Crippen molar-refractivity contribution in [3.8, 4) is 28.1 Å². The van der Waals surface area contributed by atoms with E-state index in [9.17, 15) is 4.79 Å². The first-order chi connectivity index (χ1) is 13.7. The van der Waals surface area contributed by atoms with Gasteiger partial charge in [-0.3, -0.25) is 14.8 Å². The summed E-state index contributed by atoms with van der Waals surface area (Å²) < 4.78 is 6.71. The molecule has 0 unspecified atom stereocenters. The van der Waals surface area contributed by atoms with Crippen LogP contribution in [0.25, 0.3) is 22.4 Å². The van der Waals surface area contributed by atoms with Crippen LogP contribution in [-0.4, -0.2) is 26.9 Å². The maximum absolute atomic E-state index is 12.7. The molecule has 0 saturated heterocycles. The molecule has 4 aromatic rings. The lowest BCUT2D eigenvalue weighted by atomic mass is 10.0. The number of rotatable bonds is 5. The standard InChI is InChI=1S/C22H18N4O2/c1-28-19-6-4-18(5-7-19)22-20(17-8-11-23-12-9-17)13-21(27)26(25-22)15-16-3-2-10-24-14-16/h2-14H,15H2,1H3. The van der Waals surface area contributed by atoms with Crippen LogP contribution >= 0.6 is 0 Å². The summed E-state index contributed by atoms with van der Waals surface area (Å²) >= 11 is 0. The summed E-state index contributed by atoms with van der Waals surface area (Å²) in [4.78, 5) is 20.9. The number of ether oxygens (including phenoxy) is 1. The van der Waals surface area contributed by atoms with Gasteiger partial charge in [-0.15, -0.1) is 0 Å². The summed E-state index contributed by atoms with van der Waals surface area (Å²) in [5.41, 5.74) is 4.01. The van der Waals surface area contributed by atoms with Crippen LogP contribution in [0.15, 0.2) is 84.2 Å². The Morgan fingerprint density at radius 3 is 2.39 bits per heavy atom. The molecule has 28 heavy (non-hydrogen) atoms. The van der Waals surface area contributed by atoms with Gasteiger partial charge in [0, 0.05) is 42.0 Å². The predicted molar refractivity (Wildman–Crippen MR) is 107 cm³/mol. The molecule has 0 aliphatic heterocycles. The molecule has 0 N–H and O–H groups in total. The van der Waals surface area contributed by atoms with E-state index in [1.165, 1.54) is 4.68 Å². The summed E-state index contributed by atoms with van der Waals surface area (Å²) in [7, 11) is 1.63. The van der Waals surface area contributed by atoms with Crippen LogP contribution in [0.3, 0.4) is 0 Å². The van der Waals surface area contributed by atoms with Crippen LogP contribution in [0.2, 0.25) is 0 Å². The maximum atomic E-state index is 12.7. The van der Waals surface area contributed by atoms with Gasteiger partial charge in [0.1, 0.15) is 5.75 Å². The lowest BCUT2D eigenvalue weighted by Crippen LogP contribution is -2.24. The minimum absolute atomic E-state index is 0.173. The van der Waals surface area contributed by atoms with Crippen LogP contribution in [0.1, 0.15) is 5.56 Å². The summed E-state index contributed by atoms with van der Waals surface area (Å²) in [6, 6.07) is 16.8. The number of nitrogens with zero attached hydrogens (tertiary/aromatic N) is 4.